The number of hydrogen-bond acceptors (Lipinski definition) is 6. The lowest BCUT2D eigenvalue weighted by Gasteiger charge is -2.15. The molecule has 0 radical (unpaired) electrons. The van der Waals surface area contributed by atoms with E-state index in [1.54, 1.807) is 24.3 Å². The van der Waals surface area contributed by atoms with E-state index in [9.17, 15) is 9.59 Å². The second-order valence-corrected chi connectivity index (χ2v) is 6.54. The number of rotatable bonds is 9. The molecule has 0 aromatic heterocycles. The predicted octanol–water partition coefficient (Wildman–Crippen LogP) is 3.23. The molecule has 1 amide bonds. The minimum Gasteiger partial charge on any atom is -0.493 e. The third-order valence-electron chi connectivity index (χ3n) is 4.37. The molecular weight excluding hydrogens is 400 g/mol. The van der Waals surface area contributed by atoms with E-state index in [1.807, 2.05) is 36.4 Å². The van der Waals surface area contributed by atoms with Crippen LogP contribution in [0.15, 0.2) is 65.8 Å². The number of amides is 1. The van der Waals surface area contributed by atoms with Gasteiger partial charge in [-0.05, 0) is 30.5 Å². The predicted molar refractivity (Wildman–Crippen MR) is 116 cm³/mol. The highest BCUT2D eigenvalue weighted by Crippen LogP contribution is 2.31. The number of hydrazone groups is 1. The highest BCUT2D eigenvalue weighted by atomic mass is 16.5. The molecule has 31 heavy (non-hydrogen) atoms. The molecule has 0 saturated carbocycles. The van der Waals surface area contributed by atoms with Crippen molar-refractivity contribution in [1.82, 2.24) is 5.43 Å². The summed E-state index contributed by atoms with van der Waals surface area (Å²) in [6.07, 6.45) is 0.259. The van der Waals surface area contributed by atoms with Gasteiger partial charge in [0.1, 0.15) is 5.75 Å². The van der Waals surface area contributed by atoms with Gasteiger partial charge in [-0.2, -0.15) is 5.10 Å². The molecular formula is C23H22N2O6. The van der Waals surface area contributed by atoms with Crippen LogP contribution in [-0.4, -0.2) is 43.0 Å². The average molecular weight is 422 g/mol. The number of carbonyl (C=O) groups is 2. The highest BCUT2D eigenvalue weighted by molar-refractivity contribution is 5.89. The molecule has 160 valence electrons. The van der Waals surface area contributed by atoms with Crippen LogP contribution < -0.4 is 19.6 Å². The summed E-state index contributed by atoms with van der Waals surface area (Å²) in [6, 6.07) is 18.3. The van der Waals surface area contributed by atoms with Crippen molar-refractivity contribution in [2.24, 2.45) is 5.10 Å². The zero-order chi connectivity index (χ0) is 22.2. The molecule has 0 spiro atoms. The van der Waals surface area contributed by atoms with Crippen LogP contribution in [0.4, 0.5) is 0 Å². The molecule has 3 aromatic rings. The van der Waals surface area contributed by atoms with E-state index < -0.39 is 18.0 Å². The number of ether oxygens (including phenoxy) is 3. The molecule has 3 aromatic carbocycles. The van der Waals surface area contributed by atoms with Crippen LogP contribution in [0.5, 0.6) is 17.2 Å². The van der Waals surface area contributed by atoms with Gasteiger partial charge >= 0.3 is 5.97 Å². The lowest BCUT2D eigenvalue weighted by atomic mass is 10.1. The summed E-state index contributed by atoms with van der Waals surface area (Å²) in [7, 11) is 1.45. The molecule has 8 nitrogen and oxygen atoms in total. The fourth-order valence-corrected chi connectivity index (χ4v) is 2.82. The van der Waals surface area contributed by atoms with Crippen LogP contribution in [0.1, 0.15) is 12.5 Å². The van der Waals surface area contributed by atoms with E-state index in [-0.39, 0.29) is 12.4 Å². The number of nitrogens with one attached hydrogen (secondary N) is 1. The normalized spacial score (nSPS) is 11.8. The van der Waals surface area contributed by atoms with Crippen molar-refractivity contribution in [2.45, 2.75) is 13.0 Å². The first kappa shape index (κ1) is 21.6. The van der Waals surface area contributed by atoms with Crippen LogP contribution in [0.2, 0.25) is 0 Å². The Bertz CT molecular complexity index is 1110. The molecule has 1 atom stereocenters. The Morgan fingerprint density at radius 2 is 1.77 bits per heavy atom. The van der Waals surface area contributed by atoms with Crippen molar-refractivity contribution in [3.05, 3.63) is 66.2 Å². The third kappa shape index (κ3) is 5.51. The van der Waals surface area contributed by atoms with Gasteiger partial charge in [0.25, 0.3) is 5.91 Å². The van der Waals surface area contributed by atoms with Crippen molar-refractivity contribution in [3.63, 3.8) is 0 Å². The lowest BCUT2D eigenvalue weighted by molar-refractivity contribution is -0.144. The second-order valence-electron chi connectivity index (χ2n) is 6.54. The fraction of sp³-hybridized carbons (Fsp3) is 0.174. The molecule has 0 aliphatic heterocycles. The summed E-state index contributed by atoms with van der Waals surface area (Å²) >= 11 is 0. The molecule has 0 saturated heterocycles. The van der Waals surface area contributed by atoms with E-state index in [0.29, 0.717) is 17.1 Å². The Morgan fingerprint density at radius 3 is 2.55 bits per heavy atom. The van der Waals surface area contributed by atoms with Gasteiger partial charge in [0.15, 0.2) is 24.2 Å². The molecule has 2 N–H and O–H groups in total. The van der Waals surface area contributed by atoms with Gasteiger partial charge in [-0.15, -0.1) is 0 Å². The van der Waals surface area contributed by atoms with Crippen molar-refractivity contribution in [1.29, 1.82) is 0 Å². The summed E-state index contributed by atoms with van der Waals surface area (Å²) < 4.78 is 16.3. The van der Waals surface area contributed by atoms with Crippen LogP contribution in [-0.2, 0) is 9.59 Å². The smallest absolute Gasteiger partial charge is 0.344 e. The highest BCUT2D eigenvalue weighted by Gasteiger charge is 2.18. The number of para-hydroxylation sites is 1. The maximum absolute atomic E-state index is 12.1. The molecule has 8 heteroatoms. The third-order valence-corrected chi connectivity index (χ3v) is 4.37. The van der Waals surface area contributed by atoms with Gasteiger partial charge in [0.05, 0.1) is 13.3 Å². The van der Waals surface area contributed by atoms with Gasteiger partial charge in [0.2, 0.25) is 0 Å². The first-order valence-electron chi connectivity index (χ1n) is 9.48. The summed E-state index contributed by atoms with van der Waals surface area (Å²) in [5.74, 6) is -0.405. The zero-order valence-electron chi connectivity index (χ0n) is 17.1. The topological polar surface area (TPSA) is 106 Å². The molecule has 0 bridgehead atoms. The van der Waals surface area contributed by atoms with Gasteiger partial charge in [0, 0.05) is 10.9 Å². The summed E-state index contributed by atoms with van der Waals surface area (Å²) in [5, 5.41) is 14.9. The monoisotopic (exact) mass is 422 g/mol. The Labute approximate surface area is 179 Å². The van der Waals surface area contributed by atoms with Crippen molar-refractivity contribution in [3.8, 4) is 17.2 Å². The number of methoxy groups -OCH3 is 1. The van der Waals surface area contributed by atoms with E-state index in [4.69, 9.17) is 19.3 Å². The minimum atomic E-state index is -1.12. The quantitative estimate of drug-likeness (QED) is 0.405. The van der Waals surface area contributed by atoms with Crippen LogP contribution in [0.3, 0.4) is 0 Å². The van der Waals surface area contributed by atoms with Gasteiger partial charge in [-0.3, -0.25) is 4.79 Å². The number of carbonyl (C=O) groups excluding carboxylic acids is 1. The Hall–Kier alpha value is -4.07. The average Bonchev–Trinajstić information content (AvgIpc) is 2.78. The Morgan fingerprint density at radius 1 is 1.06 bits per heavy atom. The van der Waals surface area contributed by atoms with Crippen LogP contribution in [0.25, 0.3) is 10.8 Å². The van der Waals surface area contributed by atoms with Crippen molar-refractivity contribution >= 4 is 28.9 Å². The molecule has 0 aliphatic rings. The first-order chi connectivity index (χ1) is 15.0. The zero-order valence-corrected chi connectivity index (χ0v) is 17.1. The van der Waals surface area contributed by atoms with Gasteiger partial charge in [-0.25, -0.2) is 10.2 Å². The SMILES string of the molecule is COc1cccc(/C=N/NC(=O)COc2cccc3ccccc23)c1O[C@@H](C)C(=O)O. The lowest BCUT2D eigenvalue weighted by Crippen LogP contribution is -2.25. The number of fused-ring (bicyclic) bond motifs is 1. The maximum Gasteiger partial charge on any atom is 0.344 e. The Kier molecular flexibility index (Phi) is 7.05. The summed E-state index contributed by atoms with van der Waals surface area (Å²) in [6.45, 7) is 1.19. The van der Waals surface area contributed by atoms with Crippen LogP contribution >= 0.6 is 0 Å². The van der Waals surface area contributed by atoms with E-state index >= 15 is 0 Å². The first-order valence-corrected chi connectivity index (χ1v) is 9.48. The second kappa shape index (κ2) is 10.1. The standard InChI is InChI=1S/C23H22N2O6/c1-15(23(27)28)31-22-17(9-6-12-20(22)29-2)13-24-25-21(26)14-30-19-11-5-8-16-7-3-4-10-18(16)19/h3-13,15H,14H2,1-2H3,(H,25,26)(H,27,28)/b24-13+/t15-/m0/s1. The number of hydrogen-bond donors (Lipinski definition) is 2. The molecule has 0 unspecified atom stereocenters. The molecule has 0 fully saturated rings. The number of benzene rings is 3. The molecule has 0 aliphatic carbocycles. The van der Waals surface area contributed by atoms with Crippen molar-refractivity contribution < 1.29 is 28.9 Å². The fourth-order valence-electron chi connectivity index (χ4n) is 2.82. The molecule has 3 rings (SSSR count). The van der Waals surface area contributed by atoms with Crippen LogP contribution in [0, 0.1) is 0 Å². The van der Waals surface area contributed by atoms with Gasteiger partial charge in [-0.1, -0.05) is 42.5 Å². The number of carboxylic acids is 1. The van der Waals surface area contributed by atoms with Gasteiger partial charge < -0.3 is 19.3 Å². The number of nitrogens with zero attached hydrogens (tertiary/aromatic N) is 1. The van der Waals surface area contributed by atoms with E-state index in [2.05, 4.69) is 10.5 Å². The number of aliphatic carboxylic acids is 1. The summed E-state index contributed by atoms with van der Waals surface area (Å²) in [5.41, 5.74) is 2.83. The van der Waals surface area contributed by atoms with Crippen molar-refractivity contribution in [2.75, 3.05) is 13.7 Å². The number of carboxylic acid groups (broad SMARTS) is 1. The molecule has 0 heterocycles. The van der Waals surface area contributed by atoms with E-state index in [1.165, 1.54) is 20.2 Å². The largest absolute Gasteiger partial charge is 0.493 e. The maximum atomic E-state index is 12.1. The van der Waals surface area contributed by atoms with E-state index in [0.717, 1.165) is 10.8 Å². The minimum absolute atomic E-state index is 0.213. The Balaban J connectivity index is 1.65. The summed E-state index contributed by atoms with van der Waals surface area (Å²) in [4.78, 5) is 23.3.